The Balaban J connectivity index is 1.75. The fourth-order valence-electron chi connectivity index (χ4n) is 3.97. The maximum Gasteiger partial charge on any atom is 0.148 e. The number of fused-ring (bicyclic) bond motifs is 1. The summed E-state index contributed by atoms with van der Waals surface area (Å²) in [5.74, 6) is 2.64. The molecule has 0 aliphatic carbocycles. The van der Waals surface area contributed by atoms with E-state index in [1.54, 1.807) is 0 Å². The Labute approximate surface area is 166 Å². The van der Waals surface area contributed by atoms with Gasteiger partial charge in [0.2, 0.25) is 0 Å². The first-order valence-corrected chi connectivity index (χ1v) is 10.1. The topological polar surface area (TPSA) is 71.1 Å². The van der Waals surface area contributed by atoms with Crippen LogP contribution in [0.25, 0.3) is 5.57 Å². The Morgan fingerprint density at radius 1 is 1.18 bits per heavy atom. The van der Waals surface area contributed by atoms with Crippen molar-refractivity contribution in [3.63, 3.8) is 0 Å². The van der Waals surface area contributed by atoms with Crippen LogP contribution in [0.4, 0.5) is 17.3 Å². The zero-order chi connectivity index (χ0) is 19.7. The molecular formula is C22H29N5O. The second kappa shape index (κ2) is 7.80. The van der Waals surface area contributed by atoms with Crippen molar-refractivity contribution in [2.45, 2.75) is 46.1 Å². The highest BCUT2D eigenvalue weighted by atomic mass is 16.5. The number of hydrogen-bond donors (Lipinski definition) is 3. The zero-order valence-electron chi connectivity index (χ0n) is 17.1. The first-order chi connectivity index (χ1) is 13.5. The van der Waals surface area contributed by atoms with Crippen LogP contribution in [0, 0.1) is 13.8 Å². The molecule has 6 heteroatoms. The van der Waals surface area contributed by atoms with E-state index >= 15 is 0 Å². The number of aryl methyl sites for hydroxylation is 1. The second-order valence-corrected chi connectivity index (χ2v) is 7.67. The normalized spacial score (nSPS) is 18.7. The highest BCUT2D eigenvalue weighted by molar-refractivity contribution is 5.79. The van der Waals surface area contributed by atoms with Crippen molar-refractivity contribution < 1.29 is 4.74 Å². The standard InChI is InChI=1S/C22H29N5O/c1-13-5-6-16(7-9-24-13)20-15(3)22(26-18-8-10-28-21(18)20)27-19-12-17(23-4)11-14(2)25-19/h7,11-13,24H,5-6,8-10H2,1-4H3,(H2,23,25,26,27)/t13-/m1/s1. The number of ether oxygens (including phenoxy) is 1. The van der Waals surface area contributed by atoms with Gasteiger partial charge in [0.25, 0.3) is 0 Å². The van der Waals surface area contributed by atoms with Gasteiger partial charge in [0, 0.05) is 54.6 Å². The molecule has 2 aromatic heterocycles. The van der Waals surface area contributed by atoms with Gasteiger partial charge in [0.1, 0.15) is 17.4 Å². The Morgan fingerprint density at radius 2 is 2.04 bits per heavy atom. The fourth-order valence-corrected chi connectivity index (χ4v) is 3.97. The van der Waals surface area contributed by atoms with E-state index in [0.29, 0.717) is 12.6 Å². The number of hydrogen-bond acceptors (Lipinski definition) is 6. The largest absolute Gasteiger partial charge is 0.491 e. The summed E-state index contributed by atoms with van der Waals surface area (Å²) in [6.07, 6.45) is 5.32. The van der Waals surface area contributed by atoms with Gasteiger partial charge >= 0.3 is 0 Å². The first kappa shape index (κ1) is 18.7. The Kier molecular flexibility index (Phi) is 5.22. The molecule has 28 heavy (non-hydrogen) atoms. The molecule has 0 aromatic carbocycles. The summed E-state index contributed by atoms with van der Waals surface area (Å²) >= 11 is 0. The van der Waals surface area contributed by atoms with Crippen molar-refractivity contribution in [2.75, 3.05) is 30.8 Å². The molecule has 2 aliphatic rings. The fraction of sp³-hybridized carbons (Fsp3) is 0.455. The minimum atomic E-state index is 0.527. The van der Waals surface area contributed by atoms with Crippen molar-refractivity contribution in [1.82, 2.24) is 15.3 Å². The van der Waals surface area contributed by atoms with Crippen LogP contribution in [0.3, 0.4) is 0 Å². The molecule has 3 N–H and O–H groups in total. The van der Waals surface area contributed by atoms with E-state index in [0.717, 1.165) is 65.8 Å². The van der Waals surface area contributed by atoms with Crippen molar-refractivity contribution >= 4 is 22.9 Å². The average molecular weight is 380 g/mol. The summed E-state index contributed by atoms with van der Waals surface area (Å²) in [6.45, 7) is 7.96. The number of aromatic nitrogens is 2. The molecule has 4 rings (SSSR count). The lowest BCUT2D eigenvalue weighted by Crippen LogP contribution is -2.24. The molecule has 0 unspecified atom stereocenters. The lowest BCUT2D eigenvalue weighted by molar-refractivity contribution is 0.355. The molecule has 0 amide bonds. The van der Waals surface area contributed by atoms with Crippen LogP contribution in [-0.2, 0) is 6.42 Å². The van der Waals surface area contributed by atoms with Gasteiger partial charge < -0.3 is 20.7 Å². The van der Waals surface area contributed by atoms with E-state index in [2.05, 4.69) is 40.9 Å². The van der Waals surface area contributed by atoms with Crippen molar-refractivity contribution in [2.24, 2.45) is 0 Å². The number of nitrogens with one attached hydrogen (secondary N) is 3. The first-order valence-electron chi connectivity index (χ1n) is 10.1. The molecule has 0 spiro atoms. The minimum absolute atomic E-state index is 0.527. The lowest BCUT2D eigenvalue weighted by atomic mass is 9.94. The molecule has 148 valence electrons. The number of pyridine rings is 2. The van der Waals surface area contributed by atoms with Gasteiger partial charge in [-0.25, -0.2) is 9.97 Å². The Bertz CT molecular complexity index is 922. The van der Waals surface area contributed by atoms with Crippen LogP contribution in [0.15, 0.2) is 18.2 Å². The van der Waals surface area contributed by atoms with Crippen LogP contribution in [0.5, 0.6) is 5.75 Å². The summed E-state index contributed by atoms with van der Waals surface area (Å²) in [6, 6.07) is 4.56. The van der Waals surface area contributed by atoms with E-state index < -0.39 is 0 Å². The third-order valence-electron chi connectivity index (χ3n) is 5.52. The number of allylic oxidation sites excluding steroid dienone is 1. The van der Waals surface area contributed by atoms with Gasteiger partial charge in [-0.2, -0.15) is 0 Å². The number of anilines is 3. The Hall–Kier alpha value is -2.60. The zero-order valence-corrected chi connectivity index (χ0v) is 17.1. The molecule has 6 nitrogen and oxygen atoms in total. The van der Waals surface area contributed by atoms with E-state index in [9.17, 15) is 0 Å². The quantitative estimate of drug-likeness (QED) is 0.747. The van der Waals surface area contributed by atoms with Crippen molar-refractivity contribution in [3.8, 4) is 5.75 Å². The van der Waals surface area contributed by atoms with Gasteiger partial charge in [0.15, 0.2) is 0 Å². The highest BCUT2D eigenvalue weighted by Gasteiger charge is 2.26. The van der Waals surface area contributed by atoms with Gasteiger partial charge in [-0.15, -0.1) is 0 Å². The monoisotopic (exact) mass is 379 g/mol. The molecule has 0 radical (unpaired) electrons. The number of rotatable bonds is 4. The second-order valence-electron chi connectivity index (χ2n) is 7.67. The summed E-state index contributed by atoms with van der Waals surface area (Å²) in [7, 11) is 1.92. The molecular weight excluding hydrogens is 350 g/mol. The van der Waals surface area contributed by atoms with Crippen LogP contribution >= 0.6 is 0 Å². The van der Waals surface area contributed by atoms with Crippen molar-refractivity contribution in [3.05, 3.63) is 40.7 Å². The van der Waals surface area contributed by atoms with Crippen LogP contribution < -0.4 is 20.7 Å². The minimum Gasteiger partial charge on any atom is -0.491 e. The predicted octanol–water partition coefficient (Wildman–Crippen LogP) is 3.97. The smallest absolute Gasteiger partial charge is 0.148 e. The molecule has 4 heterocycles. The average Bonchev–Trinajstić information content (AvgIpc) is 3.02. The molecule has 0 saturated carbocycles. The predicted molar refractivity (Wildman–Crippen MR) is 115 cm³/mol. The van der Waals surface area contributed by atoms with Gasteiger partial charge in [-0.1, -0.05) is 6.08 Å². The lowest BCUT2D eigenvalue weighted by Gasteiger charge is -2.18. The van der Waals surface area contributed by atoms with E-state index in [4.69, 9.17) is 9.72 Å². The summed E-state index contributed by atoms with van der Waals surface area (Å²) in [4.78, 5) is 9.52. The molecule has 2 aliphatic heterocycles. The van der Waals surface area contributed by atoms with Crippen molar-refractivity contribution in [1.29, 1.82) is 0 Å². The van der Waals surface area contributed by atoms with E-state index in [1.165, 1.54) is 11.1 Å². The third-order valence-corrected chi connectivity index (χ3v) is 5.52. The van der Waals surface area contributed by atoms with E-state index in [-0.39, 0.29) is 0 Å². The summed E-state index contributed by atoms with van der Waals surface area (Å²) < 4.78 is 6.01. The van der Waals surface area contributed by atoms with Gasteiger partial charge in [-0.05, 0) is 45.3 Å². The maximum atomic E-state index is 6.01. The molecule has 0 saturated heterocycles. The number of nitrogens with zero attached hydrogens (tertiary/aromatic N) is 2. The summed E-state index contributed by atoms with van der Waals surface area (Å²) in [5, 5.41) is 10.2. The highest BCUT2D eigenvalue weighted by Crippen LogP contribution is 2.41. The van der Waals surface area contributed by atoms with Crippen LogP contribution in [0.1, 0.15) is 42.3 Å². The molecule has 1 atom stereocenters. The maximum absolute atomic E-state index is 6.01. The third kappa shape index (κ3) is 3.69. The van der Waals surface area contributed by atoms with Gasteiger partial charge in [0.05, 0.1) is 12.3 Å². The summed E-state index contributed by atoms with van der Waals surface area (Å²) in [5.41, 5.74) is 6.71. The Morgan fingerprint density at radius 3 is 2.86 bits per heavy atom. The van der Waals surface area contributed by atoms with Gasteiger partial charge in [-0.3, -0.25) is 0 Å². The van der Waals surface area contributed by atoms with Crippen LogP contribution in [0.2, 0.25) is 0 Å². The SMILES string of the molecule is CNc1cc(C)nc(Nc2nc3c(c(C4=CCN[C@H](C)CC4)c2C)OCC3)c1. The van der Waals surface area contributed by atoms with E-state index in [1.807, 2.05) is 26.1 Å². The molecule has 0 bridgehead atoms. The van der Waals surface area contributed by atoms with Crippen LogP contribution in [-0.4, -0.2) is 36.2 Å². The molecule has 0 fully saturated rings. The molecule has 2 aromatic rings.